The maximum absolute atomic E-state index is 10.6. The van der Waals surface area contributed by atoms with Crippen LogP contribution in [0.15, 0.2) is 13.6 Å². The molecule has 3 nitrogen and oxygen atoms in total. The Hall–Kier alpha value is -0.990. The predicted octanol–water partition coefficient (Wildman–Crippen LogP) is 2.09. The van der Waals surface area contributed by atoms with Gasteiger partial charge in [-0.1, -0.05) is 13.8 Å². The van der Waals surface area contributed by atoms with Gasteiger partial charge >= 0.3 is 5.82 Å². The van der Waals surface area contributed by atoms with Gasteiger partial charge in [-0.2, -0.15) is 0 Å². The lowest BCUT2D eigenvalue weighted by atomic mass is 10.1. The van der Waals surface area contributed by atoms with Crippen LogP contribution in [0.4, 0.5) is 0 Å². The van der Waals surface area contributed by atoms with Gasteiger partial charge in [0.05, 0.1) is 0 Å². The zero-order chi connectivity index (χ0) is 9.14. The van der Waals surface area contributed by atoms with Gasteiger partial charge in [-0.15, -0.1) is 0 Å². The lowest BCUT2D eigenvalue weighted by molar-refractivity contribution is 0.368. The lowest BCUT2D eigenvalue weighted by Gasteiger charge is -1.99. The van der Waals surface area contributed by atoms with Crippen LogP contribution in [-0.2, 0) is 6.42 Å². The van der Waals surface area contributed by atoms with Gasteiger partial charge in [0.25, 0.3) is 0 Å². The molecule has 0 aliphatic carbocycles. The average molecular weight is 169 g/mol. The van der Waals surface area contributed by atoms with Crippen molar-refractivity contribution in [1.29, 1.82) is 0 Å². The maximum Gasteiger partial charge on any atom is 0.519 e. The van der Waals surface area contributed by atoms with E-state index in [0.29, 0.717) is 11.5 Å². The zero-order valence-electron chi connectivity index (χ0n) is 7.64. The second-order valence-corrected chi connectivity index (χ2v) is 3.14. The summed E-state index contributed by atoms with van der Waals surface area (Å²) in [4.78, 5) is 10.6. The molecule has 0 spiro atoms. The zero-order valence-corrected chi connectivity index (χ0v) is 7.64. The molecule has 0 atom stereocenters. The summed E-state index contributed by atoms with van der Waals surface area (Å²) in [6.07, 6.45) is 1.68. The largest absolute Gasteiger partial charge is 0.519 e. The highest BCUT2D eigenvalue weighted by Crippen LogP contribution is 2.12. The van der Waals surface area contributed by atoms with Crippen molar-refractivity contribution in [3.8, 4) is 0 Å². The molecule has 1 radical (unpaired) electrons. The molecule has 1 aromatic heterocycles. The van der Waals surface area contributed by atoms with Crippen molar-refractivity contribution < 1.29 is 8.83 Å². The predicted molar refractivity (Wildman–Crippen MR) is 44.9 cm³/mol. The summed E-state index contributed by atoms with van der Waals surface area (Å²) >= 11 is 0. The van der Waals surface area contributed by atoms with Crippen LogP contribution in [0, 0.1) is 12.8 Å². The fraction of sp³-hybridized carbons (Fsp3) is 0.556. The first kappa shape index (κ1) is 9.10. The van der Waals surface area contributed by atoms with Crippen LogP contribution in [0.5, 0.6) is 0 Å². The third-order valence-corrected chi connectivity index (χ3v) is 1.69. The Bertz CT molecular complexity index is 293. The molecule has 0 saturated heterocycles. The van der Waals surface area contributed by atoms with Crippen LogP contribution in [0.3, 0.4) is 0 Å². The summed E-state index contributed by atoms with van der Waals surface area (Å²) in [5.74, 6) is 1.98. The van der Waals surface area contributed by atoms with Crippen LogP contribution in [-0.4, -0.2) is 0 Å². The monoisotopic (exact) mass is 169 g/mol. The van der Waals surface area contributed by atoms with Crippen molar-refractivity contribution in [2.24, 2.45) is 0 Å². The SMILES string of the molecule is C[C](C)CCc1oc(=O)oc1C. The summed E-state index contributed by atoms with van der Waals surface area (Å²) < 4.78 is 9.54. The molecule has 1 aromatic rings. The summed E-state index contributed by atoms with van der Waals surface area (Å²) in [6, 6.07) is 0. The van der Waals surface area contributed by atoms with Crippen LogP contribution in [0.2, 0.25) is 0 Å². The molecule has 0 aliphatic heterocycles. The third-order valence-electron chi connectivity index (χ3n) is 1.69. The van der Waals surface area contributed by atoms with E-state index in [9.17, 15) is 4.79 Å². The minimum absolute atomic E-state index is 0.598. The maximum atomic E-state index is 10.6. The van der Waals surface area contributed by atoms with E-state index >= 15 is 0 Å². The summed E-state index contributed by atoms with van der Waals surface area (Å²) in [7, 11) is 0. The normalized spacial score (nSPS) is 11.0. The summed E-state index contributed by atoms with van der Waals surface area (Å²) in [5.41, 5.74) is 0. The quantitative estimate of drug-likeness (QED) is 0.695. The highest BCUT2D eigenvalue weighted by atomic mass is 16.6. The Morgan fingerprint density at radius 3 is 2.42 bits per heavy atom. The fourth-order valence-electron chi connectivity index (χ4n) is 0.966. The van der Waals surface area contributed by atoms with Crippen LogP contribution < -0.4 is 5.82 Å². The Kier molecular flexibility index (Phi) is 2.74. The fourth-order valence-corrected chi connectivity index (χ4v) is 0.966. The first-order valence-corrected chi connectivity index (χ1v) is 3.98. The standard InChI is InChI=1S/C9H13O3/c1-6(2)4-5-8-7(3)11-9(10)12-8/h4-5H2,1-3H3. The topological polar surface area (TPSA) is 43.4 Å². The van der Waals surface area contributed by atoms with E-state index in [1.807, 2.05) is 13.8 Å². The van der Waals surface area contributed by atoms with Gasteiger partial charge in [-0.3, -0.25) is 0 Å². The van der Waals surface area contributed by atoms with Gasteiger partial charge in [0.1, 0.15) is 11.5 Å². The molecule has 0 saturated carbocycles. The molecule has 0 N–H and O–H groups in total. The average Bonchev–Trinajstić information content (AvgIpc) is 2.26. The van der Waals surface area contributed by atoms with Crippen molar-refractivity contribution >= 4 is 0 Å². The summed E-state index contributed by atoms with van der Waals surface area (Å²) in [6.45, 7) is 5.84. The van der Waals surface area contributed by atoms with Gasteiger partial charge in [0, 0.05) is 6.42 Å². The van der Waals surface area contributed by atoms with Gasteiger partial charge in [-0.05, 0) is 19.3 Å². The molecule has 0 aromatic carbocycles. The Balaban J connectivity index is 2.63. The van der Waals surface area contributed by atoms with E-state index in [-0.39, 0.29) is 0 Å². The second kappa shape index (κ2) is 3.61. The van der Waals surface area contributed by atoms with Gasteiger partial charge < -0.3 is 8.83 Å². The van der Waals surface area contributed by atoms with Gasteiger partial charge in [0.15, 0.2) is 0 Å². The molecule has 1 rings (SSSR count). The van der Waals surface area contributed by atoms with Crippen LogP contribution >= 0.6 is 0 Å². The highest BCUT2D eigenvalue weighted by molar-refractivity contribution is 5.02. The minimum atomic E-state index is -0.601. The summed E-state index contributed by atoms with van der Waals surface area (Å²) in [5, 5.41) is 0. The smallest absolute Gasteiger partial charge is 0.396 e. The number of hydrogen-bond donors (Lipinski definition) is 0. The molecule has 0 bridgehead atoms. The molecule has 3 heteroatoms. The molecule has 0 fully saturated rings. The van der Waals surface area contributed by atoms with E-state index in [0.717, 1.165) is 12.8 Å². The Morgan fingerprint density at radius 2 is 2.00 bits per heavy atom. The lowest BCUT2D eigenvalue weighted by Crippen LogP contribution is -1.91. The van der Waals surface area contributed by atoms with Gasteiger partial charge in [0.2, 0.25) is 0 Å². The molecule has 67 valence electrons. The van der Waals surface area contributed by atoms with Crippen molar-refractivity contribution in [3.05, 3.63) is 28.1 Å². The molecule has 0 aliphatic rings. The van der Waals surface area contributed by atoms with E-state index in [2.05, 4.69) is 0 Å². The van der Waals surface area contributed by atoms with E-state index in [1.165, 1.54) is 5.92 Å². The van der Waals surface area contributed by atoms with Crippen molar-refractivity contribution in [1.82, 2.24) is 0 Å². The minimum Gasteiger partial charge on any atom is -0.396 e. The van der Waals surface area contributed by atoms with Crippen molar-refractivity contribution in [2.45, 2.75) is 33.6 Å². The molecule has 12 heavy (non-hydrogen) atoms. The first-order chi connectivity index (χ1) is 5.59. The number of rotatable bonds is 3. The van der Waals surface area contributed by atoms with Crippen LogP contribution in [0.1, 0.15) is 31.8 Å². The number of hydrogen-bond acceptors (Lipinski definition) is 3. The third kappa shape index (κ3) is 2.26. The molecule has 0 unspecified atom stereocenters. The molecule has 0 amide bonds. The second-order valence-electron chi connectivity index (χ2n) is 3.14. The van der Waals surface area contributed by atoms with E-state index in [4.69, 9.17) is 8.83 Å². The van der Waals surface area contributed by atoms with E-state index in [1.54, 1.807) is 6.92 Å². The first-order valence-electron chi connectivity index (χ1n) is 3.98. The molecular weight excluding hydrogens is 156 g/mol. The molecule has 1 heterocycles. The van der Waals surface area contributed by atoms with Gasteiger partial charge in [-0.25, -0.2) is 4.79 Å². The van der Waals surface area contributed by atoms with Crippen LogP contribution in [0.25, 0.3) is 0 Å². The molecular formula is C9H13O3. The van der Waals surface area contributed by atoms with E-state index < -0.39 is 5.82 Å². The van der Waals surface area contributed by atoms with Crippen molar-refractivity contribution in [2.75, 3.05) is 0 Å². The van der Waals surface area contributed by atoms with Crippen molar-refractivity contribution in [3.63, 3.8) is 0 Å². The number of aryl methyl sites for hydroxylation is 2. The Morgan fingerprint density at radius 1 is 1.33 bits per heavy atom. The highest BCUT2D eigenvalue weighted by Gasteiger charge is 2.08. The Labute approximate surface area is 71.4 Å².